The fourth-order valence-electron chi connectivity index (χ4n) is 3.11. The molecule has 1 heterocycles. The van der Waals surface area contributed by atoms with Crippen molar-refractivity contribution >= 4 is 38.3 Å². The van der Waals surface area contributed by atoms with Crippen LogP contribution in [0.1, 0.15) is 5.56 Å². The van der Waals surface area contributed by atoms with Crippen LogP contribution in [0.5, 0.6) is 0 Å². The van der Waals surface area contributed by atoms with Crippen LogP contribution >= 0.6 is 11.8 Å². The molecule has 4 rings (SSSR count). The standard InChI is InChI=1S/C23H19N3O4S2/c1-32(29,30)18-13-11-16(12-14-18)15-21(27)24-26-23(28)20-10-6-5-9-19(20)22(25-26)31-17-7-3-2-4-8-17/h2-14H,15H2,1H3,(H,24,27). The van der Waals surface area contributed by atoms with Crippen LogP contribution < -0.4 is 11.0 Å². The average molecular weight is 466 g/mol. The predicted molar refractivity (Wildman–Crippen MR) is 124 cm³/mol. The van der Waals surface area contributed by atoms with Gasteiger partial charge in [-0.2, -0.15) is 0 Å². The van der Waals surface area contributed by atoms with Gasteiger partial charge in [0.15, 0.2) is 9.84 Å². The molecule has 9 heteroatoms. The Kier molecular flexibility index (Phi) is 6.11. The smallest absolute Gasteiger partial charge is 0.273 e. The van der Waals surface area contributed by atoms with Crippen molar-refractivity contribution in [2.75, 3.05) is 11.7 Å². The molecular formula is C23H19N3O4S2. The number of nitrogens with zero attached hydrogens (tertiary/aromatic N) is 2. The maximum atomic E-state index is 12.9. The van der Waals surface area contributed by atoms with Gasteiger partial charge in [0.05, 0.1) is 16.7 Å². The number of nitrogens with one attached hydrogen (secondary N) is 1. The second-order valence-electron chi connectivity index (χ2n) is 7.11. The number of benzene rings is 3. The second-order valence-corrected chi connectivity index (χ2v) is 10.2. The lowest BCUT2D eigenvalue weighted by Crippen LogP contribution is -2.36. The number of aromatic nitrogens is 2. The van der Waals surface area contributed by atoms with E-state index in [2.05, 4.69) is 10.5 Å². The van der Waals surface area contributed by atoms with E-state index in [4.69, 9.17) is 0 Å². The summed E-state index contributed by atoms with van der Waals surface area (Å²) in [5, 5.41) is 6.11. The summed E-state index contributed by atoms with van der Waals surface area (Å²) in [5.41, 5.74) is 2.73. The first kappa shape index (κ1) is 21.8. The van der Waals surface area contributed by atoms with E-state index >= 15 is 0 Å². The van der Waals surface area contributed by atoms with Gasteiger partial charge >= 0.3 is 0 Å². The van der Waals surface area contributed by atoms with Gasteiger partial charge < -0.3 is 0 Å². The van der Waals surface area contributed by atoms with Crippen molar-refractivity contribution < 1.29 is 13.2 Å². The van der Waals surface area contributed by atoms with Crippen molar-refractivity contribution in [3.63, 3.8) is 0 Å². The van der Waals surface area contributed by atoms with Crippen molar-refractivity contribution in [2.24, 2.45) is 0 Å². The summed E-state index contributed by atoms with van der Waals surface area (Å²) in [6.45, 7) is 0. The number of hydrogen-bond donors (Lipinski definition) is 1. The fourth-order valence-corrected chi connectivity index (χ4v) is 4.67. The van der Waals surface area contributed by atoms with Gasteiger partial charge in [0.2, 0.25) is 5.91 Å². The number of carbonyl (C=O) groups is 1. The number of amides is 1. The largest absolute Gasteiger partial charge is 0.294 e. The highest BCUT2D eigenvalue weighted by molar-refractivity contribution is 7.99. The van der Waals surface area contributed by atoms with E-state index in [1.54, 1.807) is 24.3 Å². The minimum absolute atomic E-state index is 0.0356. The fraction of sp³-hybridized carbons (Fsp3) is 0.0870. The lowest BCUT2D eigenvalue weighted by atomic mass is 10.1. The van der Waals surface area contributed by atoms with Crippen molar-refractivity contribution in [1.29, 1.82) is 0 Å². The zero-order valence-corrected chi connectivity index (χ0v) is 18.7. The Hall–Kier alpha value is -3.43. The van der Waals surface area contributed by atoms with Gasteiger partial charge in [0.1, 0.15) is 5.03 Å². The molecule has 1 aromatic heterocycles. The Morgan fingerprint density at radius 1 is 0.938 bits per heavy atom. The number of hydrogen-bond acceptors (Lipinski definition) is 6. The highest BCUT2D eigenvalue weighted by atomic mass is 32.2. The van der Waals surface area contributed by atoms with Gasteiger partial charge in [-0.1, -0.05) is 60.3 Å². The van der Waals surface area contributed by atoms with Gasteiger partial charge in [-0.15, -0.1) is 9.89 Å². The number of carbonyl (C=O) groups excluding carboxylic acids is 1. The molecule has 0 fully saturated rings. The summed E-state index contributed by atoms with van der Waals surface area (Å²) in [6.07, 6.45) is 1.09. The second kappa shape index (κ2) is 8.97. The molecule has 0 atom stereocenters. The summed E-state index contributed by atoms with van der Waals surface area (Å²) >= 11 is 1.40. The van der Waals surface area contributed by atoms with Gasteiger partial charge in [0, 0.05) is 16.5 Å². The lowest BCUT2D eigenvalue weighted by Gasteiger charge is -2.12. The summed E-state index contributed by atoms with van der Waals surface area (Å²) in [5.74, 6) is -0.447. The molecule has 4 aromatic rings. The molecule has 0 saturated heterocycles. The maximum absolute atomic E-state index is 12.9. The Morgan fingerprint density at radius 2 is 1.56 bits per heavy atom. The van der Waals surface area contributed by atoms with Gasteiger partial charge in [-0.05, 0) is 35.9 Å². The van der Waals surface area contributed by atoms with Crippen LogP contribution in [0.3, 0.4) is 0 Å². The molecule has 0 aliphatic rings. The van der Waals surface area contributed by atoms with Gasteiger partial charge in [-0.3, -0.25) is 9.59 Å². The zero-order valence-electron chi connectivity index (χ0n) is 17.1. The van der Waals surface area contributed by atoms with Crippen molar-refractivity contribution in [3.8, 4) is 0 Å². The third kappa shape index (κ3) is 4.90. The summed E-state index contributed by atoms with van der Waals surface area (Å²) < 4.78 is 23.2. The zero-order chi connectivity index (χ0) is 22.7. The Balaban J connectivity index is 1.61. The minimum Gasteiger partial charge on any atom is -0.273 e. The Morgan fingerprint density at radius 3 is 2.22 bits per heavy atom. The van der Waals surface area contributed by atoms with Crippen LogP contribution in [0, 0.1) is 0 Å². The maximum Gasteiger partial charge on any atom is 0.294 e. The first-order valence-corrected chi connectivity index (χ1v) is 12.4. The first-order valence-electron chi connectivity index (χ1n) is 9.65. The molecule has 1 N–H and O–H groups in total. The molecule has 0 saturated carbocycles. The Labute approximate surface area is 189 Å². The quantitative estimate of drug-likeness (QED) is 0.469. The highest BCUT2D eigenvalue weighted by Crippen LogP contribution is 2.30. The topological polar surface area (TPSA) is 98.1 Å². The third-order valence-corrected chi connectivity index (χ3v) is 6.81. The van der Waals surface area contributed by atoms with Crippen LogP contribution in [0.4, 0.5) is 0 Å². The van der Waals surface area contributed by atoms with Gasteiger partial charge in [-0.25, -0.2) is 13.8 Å². The molecule has 0 unspecified atom stereocenters. The van der Waals surface area contributed by atoms with Crippen LogP contribution in [-0.4, -0.2) is 30.5 Å². The van der Waals surface area contributed by atoms with E-state index in [0.717, 1.165) is 15.9 Å². The summed E-state index contributed by atoms with van der Waals surface area (Å²) in [4.78, 5) is 27.6. The highest BCUT2D eigenvalue weighted by Gasteiger charge is 2.14. The van der Waals surface area contributed by atoms with Crippen LogP contribution in [0.2, 0.25) is 0 Å². The van der Waals surface area contributed by atoms with E-state index in [1.165, 1.54) is 23.9 Å². The van der Waals surface area contributed by atoms with E-state index < -0.39 is 21.3 Å². The van der Waals surface area contributed by atoms with E-state index in [-0.39, 0.29) is 11.3 Å². The Bertz CT molecular complexity index is 1450. The molecule has 0 bridgehead atoms. The third-order valence-electron chi connectivity index (χ3n) is 4.68. The van der Waals surface area contributed by atoms with Crippen LogP contribution in [0.15, 0.2) is 98.5 Å². The SMILES string of the molecule is CS(=O)(=O)c1ccc(CC(=O)Nn2nc(Sc3ccccc3)c3ccccc3c2=O)cc1. The molecule has 1 amide bonds. The molecule has 32 heavy (non-hydrogen) atoms. The molecular weight excluding hydrogens is 446 g/mol. The van der Waals surface area contributed by atoms with Crippen molar-refractivity contribution in [3.05, 3.63) is 94.8 Å². The van der Waals surface area contributed by atoms with E-state index in [0.29, 0.717) is 21.4 Å². The average Bonchev–Trinajstić information content (AvgIpc) is 2.77. The van der Waals surface area contributed by atoms with Gasteiger partial charge in [0.25, 0.3) is 5.56 Å². The first-order chi connectivity index (χ1) is 15.3. The van der Waals surface area contributed by atoms with Crippen LogP contribution in [-0.2, 0) is 21.1 Å². The van der Waals surface area contributed by atoms with Crippen LogP contribution in [0.25, 0.3) is 10.8 Å². The van der Waals surface area contributed by atoms with E-state index in [9.17, 15) is 18.0 Å². The number of fused-ring (bicyclic) bond motifs is 1. The molecule has 162 valence electrons. The molecule has 7 nitrogen and oxygen atoms in total. The molecule has 0 spiro atoms. The lowest BCUT2D eigenvalue weighted by molar-refractivity contribution is -0.116. The molecule has 0 aliphatic carbocycles. The molecule has 3 aromatic carbocycles. The van der Waals surface area contributed by atoms with E-state index in [1.807, 2.05) is 42.5 Å². The minimum atomic E-state index is -3.31. The normalized spacial score (nSPS) is 11.4. The monoisotopic (exact) mass is 465 g/mol. The number of sulfone groups is 1. The van der Waals surface area contributed by atoms with Crippen molar-refractivity contribution in [2.45, 2.75) is 21.2 Å². The molecule has 0 radical (unpaired) electrons. The summed E-state index contributed by atoms with van der Waals surface area (Å²) in [6, 6.07) is 22.8. The van der Waals surface area contributed by atoms with Crippen molar-refractivity contribution in [1.82, 2.24) is 9.89 Å². The molecule has 0 aliphatic heterocycles. The predicted octanol–water partition coefficient (Wildman–Crippen LogP) is 3.26. The summed E-state index contributed by atoms with van der Waals surface area (Å²) in [7, 11) is -3.31. The number of rotatable bonds is 6.